The minimum atomic E-state index is 0.778. The topological polar surface area (TPSA) is 3.24 Å². The molecule has 1 nitrogen and oxygen atoms in total. The fourth-order valence-corrected chi connectivity index (χ4v) is 2.28. The van der Waals surface area contributed by atoms with Gasteiger partial charge in [0.15, 0.2) is 0 Å². The van der Waals surface area contributed by atoms with Gasteiger partial charge in [0.1, 0.15) is 0 Å². The monoisotopic (exact) mass is 181 g/mol. The van der Waals surface area contributed by atoms with Crippen LogP contribution in [0.1, 0.15) is 39.5 Å². The predicted molar refractivity (Wildman–Crippen MR) is 58.9 cm³/mol. The molecule has 0 spiro atoms. The summed E-state index contributed by atoms with van der Waals surface area (Å²) in [6, 6.07) is 0.848. The lowest BCUT2D eigenvalue weighted by Gasteiger charge is -2.29. The Morgan fingerprint density at radius 3 is 2.46 bits per heavy atom. The van der Waals surface area contributed by atoms with Gasteiger partial charge in [-0.3, -0.25) is 4.90 Å². The molecule has 0 unspecified atom stereocenters. The van der Waals surface area contributed by atoms with Gasteiger partial charge < -0.3 is 0 Å². The van der Waals surface area contributed by atoms with Gasteiger partial charge in [0.25, 0.3) is 0 Å². The molecule has 0 N–H and O–H groups in total. The van der Waals surface area contributed by atoms with Crippen LogP contribution in [0.3, 0.4) is 0 Å². The van der Waals surface area contributed by atoms with E-state index in [1.165, 1.54) is 32.2 Å². The van der Waals surface area contributed by atoms with Crippen molar-refractivity contribution in [3.8, 4) is 0 Å². The van der Waals surface area contributed by atoms with Gasteiger partial charge in [0, 0.05) is 19.1 Å². The van der Waals surface area contributed by atoms with Crippen molar-refractivity contribution in [2.75, 3.05) is 13.1 Å². The highest BCUT2D eigenvalue weighted by Crippen LogP contribution is 2.23. The van der Waals surface area contributed by atoms with Gasteiger partial charge in [-0.05, 0) is 18.8 Å². The van der Waals surface area contributed by atoms with Crippen molar-refractivity contribution in [3.63, 3.8) is 0 Å². The standard InChI is InChI=1S/C12H23N/c1-4-9-13(10-11(2)3)12-7-5-6-8-12/h4,11-12H,1,5-10H2,2-3H3. The van der Waals surface area contributed by atoms with E-state index in [0.29, 0.717) is 0 Å². The molecule has 1 saturated carbocycles. The van der Waals surface area contributed by atoms with Gasteiger partial charge >= 0.3 is 0 Å². The van der Waals surface area contributed by atoms with Gasteiger partial charge in [-0.2, -0.15) is 0 Å². The lowest BCUT2D eigenvalue weighted by atomic mass is 10.1. The number of hydrogen-bond donors (Lipinski definition) is 0. The third-order valence-corrected chi connectivity index (χ3v) is 2.80. The van der Waals surface area contributed by atoms with E-state index in [9.17, 15) is 0 Å². The van der Waals surface area contributed by atoms with Crippen molar-refractivity contribution >= 4 is 0 Å². The molecule has 0 aromatic heterocycles. The van der Waals surface area contributed by atoms with E-state index in [4.69, 9.17) is 0 Å². The van der Waals surface area contributed by atoms with Gasteiger partial charge in [0.2, 0.25) is 0 Å². The van der Waals surface area contributed by atoms with Crippen molar-refractivity contribution < 1.29 is 0 Å². The van der Waals surface area contributed by atoms with Gasteiger partial charge in [-0.15, -0.1) is 6.58 Å². The highest BCUT2D eigenvalue weighted by atomic mass is 15.2. The highest BCUT2D eigenvalue weighted by molar-refractivity contribution is 4.83. The van der Waals surface area contributed by atoms with E-state index in [0.717, 1.165) is 18.5 Å². The van der Waals surface area contributed by atoms with E-state index in [1.54, 1.807) is 0 Å². The Kier molecular flexibility index (Phi) is 4.51. The molecule has 1 aliphatic carbocycles. The van der Waals surface area contributed by atoms with E-state index in [1.807, 2.05) is 6.08 Å². The van der Waals surface area contributed by atoms with Crippen LogP contribution < -0.4 is 0 Å². The summed E-state index contributed by atoms with van der Waals surface area (Å²) in [5, 5.41) is 0. The minimum Gasteiger partial charge on any atom is -0.296 e. The maximum absolute atomic E-state index is 3.84. The third-order valence-electron chi connectivity index (χ3n) is 2.80. The van der Waals surface area contributed by atoms with Crippen LogP contribution in [0.25, 0.3) is 0 Å². The molecule has 1 fully saturated rings. The molecule has 0 radical (unpaired) electrons. The molecule has 0 bridgehead atoms. The van der Waals surface area contributed by atoms with Crippen LogP contribution in [0.15, 0.2) is 12.7 Å². The number of nitrogens with zero attached hydrogens (tertiary/aromatic N) is 1. The molecule has 13 heavy (non-hydrogen) atoms. The van der Waals surface area contributed by atoms with Gasteiger partial charge in [0.05, 0.1) is 0 Å². The Balaban J connectivity index is 2.39. The Labute approximate surface area is 82.8 Å². The second-order valence-corrected chi connectivity index (χ2v) is 4.57. The zero-order valence-electron chi connectivity index (χ0n) is 9.13. The normalized spacial score (nSPS) is 18.8. The molecule has 0 heterocycles. The average molecular weight is 181 g/mol. The summed E-state index contributed by atoms with van der Waals surface area (Å²) in [4.78, 5) is 2.60. The summed E-state index contributed by atoms with van der Waals surface area (Å²) < 4.78 is 0. The zero-order chi connectivity index (χ0) is 9.68. The Hall–Kier alpha value is -0.300. The van der Waals surface area contributed by atoms with E-state index >= 15 is 0 Å². The predicted octanol–water partition coefficient (Wildman–Crippen LogP) is 3.07. The van der Waals surface area contributed by atoms with E-state index < -0.39 is 0 Å². The first-order chi connectivity index (χ1) is 6.24. The van der Waals surface area contributed by atoms with Gasteiger partial charge in [-0.1, -0.05) is 32.8 Å². The van der Waals surface area contributed by atoms with Crippen LogP contribution >= 0.6 is 0 Å². The molecular formula is C12H23N. The molecule has 0 aliphatic heterocycles. The zero-order valence-corrected chi connectivity index (χ0v) is 9.13. The van der Waals surface area contributed by atoms with Crippen LogP contribution in [0.5, 0.6) is 0 Å². The number of rotatable bonds is 5. The molecule has 0 aromatic rings. The second kappa shape index (κ2) is 5.43. The van der Waals surface area contributed by atoms with E-state index in [2.05, 4.69) is 25.3 Å². The molecular weight excluding hydrogens is 158 g/mol. The quantitative estimate of drug-likeness (QED) is 0.589. The van der Waals surface area contributed by atoms with Gasteiger partial charge in [-0.25, -0.2) is 0 Å². The first-order valence-electron chi connectivity index (χ1n) is 5.59. The summed E-state index contributed by atoms with van der Waals surface area (Å²) in [5.41, 5.74) is 0. The maximum atomic E-state index is 3.84. The largest absolute Gasteiger partial charge is 0.296 e. The lowest BCUT2D eigenvalue weighted by Crippen LogP contribution is -2.36. The van der Waals surface area contributed by atoms with Crippen molar-refractivity contribution in [1.82, 2.24) is 4.90 Å². The first-order valence-corrected chi connectivity index (χ1v) is 5.59. The van der Waals surface area contributed by atoms with Crippen molar-refractivity contribution in [1.29, 1.82) is 0 Å². The summed E-state index contributed by atoms with van der Waals surface area (Å²) in [5.74, 6) is 0.778. The Bertz CT molecular complexity index is 145. The minimum absolute atomic E-state index is 0.778. The van der Waals surface area contributed by atoms with E-state index in [-0.39, 0.29) is 0 Å². The smallest absolute Gasteiger partial charge is 0.0163 e. The molecule has 0 aromatic carbocycles. The molecule has 0 saturated heterocycles. The molecule has 76 valence electrons. The fourth-order valence-electron chi connectivity index (χ4n) is 2.28. The summed E-state index contributed by atoms with van der Waals surface area (Å²) >= 11 is 0. The third kappa shape index (κ3) is 3.51. The fraction of sp³-hybridized carbons (Fsp3) is 0.833. The Morgan fingerprint density at radius 2 is 2.00 bits per heavy atom. The van der Waals surface area contributed by atoms with Crippen LogP contribution in [-0.2, 0) is 0 Å². The van der Waals surface area contributed by atoms with Crippen LogP contribution in [0.4, 0.5) is 0 Å². The van der Waals surface area contributed by atoms with Crippen molar-refractivity contribution in [3.05, 3.63) is 12.7 Å². The average Bonchev–Trinajstić information content (AvgIpc) is 2.54. The van der Waals surface area contributed by atoms with Crippen LogP contribution in [0.2, 0.25) is 0 Å². The molecule has 1 rings (SSSR count). The second-order valence-electron chi connectivity index (χ2n) is 4.57. The Morgan fingerprint density at radius 1 is 1.38 bits per heavy atom. The summed E-state index contributed by atoms with van der Waals surface area (Å²) in [7, 11) is 0. The molecule has 0 atom stereocenters. The first kappa shape index (κ1) is 10.8. The maximum Gasteiger partial charge on any atom is 0.0163 e. The summed E-state index contributed by atoms with van der Waals surface area (Å²) in [6.07, 6.45) is 7.70. The summed E-state index contributed by atoms with van der Waals surface area (Å²) in [6.45, 7) is 10.7. The SMILES string of the molecule is C=CCN(CC(C)C)C1CCCC1. The van der Waals surface area contributed by atoms with Crippen molar-refractivity contribution in [2.24, 2.45) is 5.92 Å². The molecule has 1 heteroatoms. The molecule has 1 aliphatic rings. The van der Waals surface area contributed by atoms with Crippen molar-refractivity contribution in [2.45, 2.75) is 45.6 Å². The lowest BCUT2D eigenvalue weighted by molar-refractivity contribution is 0.197. The van der Waals surface area contributed by atoms with Crippen LogP contribution in [-0.4, -0.2) is 24.0 Å². The highest BCUT2D eigenvalue weighted by Gasteiger charge is 2.21. The molecule has 0 amide bonds. The van der Waals surface area contributed by atoms with Crippen LogP contribution in [0, 0.1) is 5.92 Å². The number of hydrogen-bond acceptors (Lipinski definition) is 1.